The van der Waals surface area contributed by atoms with Crippen LogP contribution in [0.2, 0.25) is 0 Å². The van der Waals surface area contributed by atoms with E-state index in [1.807, 2.05) is 0 Å². The molecular weight excluding hydrogens is 216 g/mol. The van der Waals surface area contributed by atoms with Crippen molar-refractivity contribution in [2.24, 2.45) is 0 Å². The third-order valence-corrected chi connectivity index (χ3v) is 4.09. The molecule has 0 atom stereocenters. The summed E-state index contributed by atoms with van der Waals surface area (Å²) >= 11 is 0. The molecule has 0 amide bonds. The smallest absolute Gasteiger partial charge is 0.277 e. The van der Waals surface area contributed by atoms with E-state index >= 15 is 0 Å². The topological polar surface area (TPSA) is 78.4 Å². The molecular formula is C9H20N2O3S. The fourth-order valence-corrected chi connectivity index (χ4v) is 3.49. The lowest BCUT2D eigenvalue weighted by atomic mass is 10.0. The van der Waals surface area contributed by atoms with Gasteiger partial charge in [0.2, 0.25) is 0 Å². The van der Waals surface area contributed by atoms with Gasteiger partial charge in [0.1, 0.15) is 0 Å². The van der Waals surface area contributed by atoms with Crippen LogP contribution in [0.15, 0.2) is 0 Å². The second-order valence-corrected chi connectivity index (χ2v) is 5.97. The summed E-state index contributed by atoms with van der Waals surface area (Å²) in [4.78, 5) is 0. The fraction of sp³-hybridized carbons (Fsp3) is 1.00. The summed E-state index contributed by atoms with van der Waals surface area (Å²) in [5, 5.41) is 9.26. The van der Waals surface area contributed by atoms with E-state index in [1.165, 1.54) is 0 Å². The van der Waals surface area contributed by atoms with Crippen LogP contribution in [-0.4, -0.2) is 31.7 Å². The molecule has 0 radical (unpaired) electrons. The van der Waals surface area contributed by atoms with E-state index in [2.05, 4.69) is 9.44 Å². The highest BCUT2D eigenvalue weighted by atomic mass is 32.2. The molecule has 5 nitrogen and oxygen atoms in total. The van der Waals surface area contributed by atoms with E-state index < -0.39 is 15.7 Å². The maximum absolute atomic E-state index is 11.6. The van der Waals surface area contributed by atoms with Gasteiger partial charge in [0.05, 0.1) is 12.1 Å². The first-order chi connectivity index (χ1) is 6.89. The Morgan fingerprint density at radius 1 is 1.33 bits per heavy atom. The van der Waals surface area contributed by atoms with E-state index in [4.69, 9.17) is 0 Å². The standard InChI is InChI=1S/C9H20N2O3S/c1-8(2)10-15(13,14)11-9(7-12)5-3-4-6-9/h8,10-12H,3-7H2,1-2H3. The third-order valence-electron chi connectivity index (χ3n) is 2.61. The van der Waals surface area contributed by atoms with E-state index in [-0.39, 0.29) is 12.6 Å². The molecule has 0 aromatic rings. The molecule has 0 bridgehead atoms. The Hall–Kier alpha value is -0.170. The molecule has 1 aliphatic carbocycles. The van der Waals surface area contributed by atoms with E-state index in [1.54, 1.807) is 13.8 Å². The van der Waals surface area contributed by atoms with Gasteiger partial charge in [-0.3, -0.25) is 0 Å². The lowest BCUT2D eigenvalue weighted by molar-refractivity contribution is 0.185. The first kappa shape index (κ1) is 12.9. The minimum Gasteiger partial charge on any atom is -0.394 e. The van der Waals surface area contributed by atoms with Gasteiger partial charge in [-0.1, -0.05) is 12.8 Å². The summed E-state index contributed by atoms with van der Waals surface area (Å²) in [6, 6.07) is -0.139. The van der Waals surface area contributed by atoms with Gasteiger partial charge in [0.25, 0.3) is 10.2 Å². The van der Waals surface area contributed by atoms with Gasteiger partial charge in [0, 0.05) is 6.04 Å². The Kier molecular flexibility index (Phi) is 4.11. The van der Waals surface area contributed by atoms with Crippen molar-refractivity contribution in [2.45, 2.75) is 51.1 Å². The summed E-state index contributed by atoms with van der Waals surface area (Å²) < 4.78 is 28.3. The van der Waals surface area contributed by atoms with E-state index in [0.29, 0.717) is 12.8 Å². The van der Waals surface area contributed by atoms with Crippen LogP contribution in [0.1, 0.15) is 39.5 Å². The van der Waals surface area contributed by atoms with Gasteiger partial charge in [0.15, 0.2) is 0 Å². The second kappa shape index (κ2) is 4.78. The predicted octanol–water partition coefficient (Wildman–Crippen LogP) is 0.124. The number of aliphatic hydroxyl groups excluding tert-OH is 1. The zero-order chi connectivity index (χ0) is 11.5. The van der Waals surface area contributed by atoms with Crippen molar-refractivity contribution in [3.63, 3.8) is 0 Å². The molecule has 3 N–H and O–H groups in total. The molecule has 0 aliphatic heterocycles. The molecule has 1 saturated carbocycles. The van der Waals surface area contributed by atoms with Crippen LogP contribution in [-0.2, 0) is 10.2 Å². The van der Waals surface area contributed by atoms with Crippen LogP contribution in [0.5, 0.6) is 0 Å². The van der Waals surface area contributed by atoms with Crippen LogP contribution in [0, 0.1) is 0 Å². The van der Waals surface area contributed by atoms with E-state index in [0.717, 1.165) is 12.8 Å². The molecule has 1 aliphatic rings. The molecule has 0 aromatic heterocycles. The molecule has 1 fully saturated rings. The highest BCUT2D eigenvalue weighted by Gasteiger charge is 2.36. The van der Waals surface area contributed by atoms with Crippen molar-refractivity contribution in [1.82, 2.24) is 9.44 Å². The summed E-state index contributed by atoms with van der Waals surface area (Å²) in [5.41, 5.74) is -0.638. The average Bonchev–Trinajstić information content (AvgIpc) is 2.50. The van der Waals surface area contributed by atoms with Crippen LogP contribution >= 0.6 is 0 Å². The molecule has 0 spiro atoms. The number of hydrogen-bond acceptors (Lipinski definition) is 3. The Bertz CT molecular complexity index is 294. The van der Waals surface area contributed by atoms with Gasteiger partial charge in [-0.25, -0.2) is 0 Å². The highest BCUT2D eigenvalue weighted by molar-refractivity contribution is 7.87. The SMILES string of the molecule is CC(C)NS(=O)(=O)NC1(CO)CCCC1. The molecule has 0 aromatic carbocycles. The van der Waals surface area contributed by atoms with Crippen molar-refractivity contribution < 1.29 is 13.5 Å². The van der Waals surface area contributed by atoms with Gasteiger partial charge < -0.3 is 5.11 Å². The third kappa shape index (κ3) is 3.71. The van der Waals surface area contributed by atoms with Crippen molar-refractivity contribution >= 4 is 10.2 Å². The molecule has 6 heteroatoms. The Morgan fingerprint density at radius 2 is 1.87 bits per heavy atom. The Balaban J connectivity index is 2.66. The highest BCUT2D eigenvalue weighted by Crippen LogP contribution is 2.29. The minimum atomic E-state index is -3.49. The first-order valence-corrected chi connectivity index (χ1v) is 6.80. The summed E-state index contributed by atoms with van der Waals surface area (Å²) in [7, 11) is -3.49. The van der Waals surface area contributed by atoms with Crippen LogP contribution in [0.3, 0.4) is 0 Å². The molecule has 0 heterocycles. The number of aliphatic hydroxyl groups is 1. The van der Waals surface area contributed by atoms with Gasteiger partial charge in [-0.15, -0.1) is 0 Å². The number of rotatable bonds is 5. The zero-order valence-electron chi connectivity index (χ0n) is 9.28. The van der Waals surface area contributed by atoms with Crippen LogP contribution < -0.4 is 9.44 Å². The molecule has 0 saturated heterocycles. The summed E-state index contributed by atoms with van der Waals surface area (Å²) in [5.74, 6) is 0. The predicted molar refractivity (Wildman–Crippen MR) is 58.6 cm³/mol. The molecule has 1 rings (SSSR count). The van der Waals surface area contributed by atoms with Crippen molar-refractivity contribution in [1.29, 1.82) is 0 Å². The normalized spacial score (nSPS) is 21.1. The van der Waals surface area contributed by atoms with Gasteiger partial charge >= 0.3 is 0 Å². The minimum absolute atomic E-state index is 0.133. The second-order valence-electron chi connectivity index (χ2n) is 4.52. The Labute approximate surface area is 91.4 Å². The van der Waals surface area contributed by atoms with Crippen LogP contribution in [0.4, 0.5) is 0 Å². The first-order valence-electron chi connectivity index (χ1n) is 5.31. The quantitative estimate of drug-likeness (QED) is 0.634. The van der Waals surface area contributed by atoms with Crippen molar-refractivity contribution in [2.75, 3.05) is 6.61 Å². The van der Waals surface area contributed by atoms with Crippen LogP contribution in [0.25, 0.3) is 0 Å². The fourth-order valence-electron chi connectivity index (χ4n) is 1.97. The zero-order valence-corrected chi connectivity index (χ0v) is 10.1. The number of nitrogens with one attached hydrogen (secondary N) is 2. The monoisotopic (exact) mass is 236 g/mol. The lowest BCUT2D eigenvalue weighted by Gasteiger charge is -2.28. The largest absolute Gasteiger partial charge is 0.394 e. The number of hydrogen-bond donors (Lipinski definition) is 3. The van der Waals surface area contributed by atoms with E-state index in [9.17, 15) is 13.5 Å². The van der Waals surface area contributed by atoms with Gasteiger partial charge in [-0.05, 0) is 26.7 Å². The average molecular weight is 236 g/mol. The maximum atomic E-state index is 11.6. The van der Waals surface area contributed by atoms with Crippen molar-refractivity contribution in [3.8, 4) is 0 Å². The molecule has 15 heavy (non-hydrogen) atoms. The molecule has 0 unspecified atom stereocenters. The van der Waals surface area contributed by atoms with Crippen molar-refractivity contribution in [3.05, 3.63) is 0 Å². The lowest BCUT2D eigenvalue weighted by Crippen LogP contribution is -2.54. The van der Waals surface area contributed by atoms with Gasteiger partial charge in [-0.2, -0.15) is 17.9 Å². The summed E-state index contributed by atoms with van der Waals surface area (Å²) in [6.45, 7) is 3.39. The Morgan fingerprint density at radius 3 is 2.27 bits per heavy atom. The molecule has 90 valence electrons. The summed E-state index contributed by atoms with van der Waals surface area (Å²) in [6.07, 6.45) is 3.35. The maximum Gasteiger partial charge on any atom is 0.277 e.